The first-order valence-electron chi connectivity index (χ1n) is 7.28. The van der Waals surface area contributed by atoms with Crippen LogP contribution in [-0.2, 0) is 11.2 Å². The Morgan fingerprint density at radius 3 is 2.20 bits per heavy atom. The fourth-order valence-corrected chi connectivity index (χ4v) is 2.87. The van der Waals surface area contributed by atoms with Crippen molar-refractivity contribution in [3.8, 4) is 0 Å². The van der Waals surface area contributed by atoms with E-state index >= 15 is 0 Å². The van der Waals surface area contributed by atoms with Crippen LogP contribution in [0.2, 0.25) is 0 Å². The third kappa shape index (κ3) is 3.01. The Bertz CT molecular complexity index is 588. The molecule has 0 heterocycles. The van der Waals surface area contributed by atoms with E-state index in [0.717, 1.165) is 5.56 Å². The Balaban J connectivity index is 2.30. The lowest BCUT2D eigenvalue weighted by Gasteiger charge is -2.31. The standard InChI is InChI=1S/C18H23NO/c1-13(2)19(14(3)4)18(20)12-16-10-7-9-15-8-5-6-11-17(15)16/h5-11,13-14H,12H2,1-4H3. The minimum absolute atomic E-state index is 0.200. The molecule has 0 aromatic heterocycles. The zero-order valence-electron chi connectivity index (χ0n) is 12.8. The molecular formula is C18H23NO. The molecule has 0 aliphatic carbocycles. The van der Waals surface area contributed by atoms with Crippen LogP contribution in [0.15, 0.2) is 42.5 Å². The number of hydrogen-bond donors (Lipinski definition) is 0. The number of amides is 1. The molecule has 106 valence electrons. The molecule has 0 aliphatic rings. The lowest BCUT2D eigenvalue weighted by molar-refractivity contribution is -0.134. The molecule has 1 amide bonds. The van der Waals surface area contributed by atoms with E-state index < -0.39 is 0 Å². The summed E-state index contributed by atoms with van der Waals surface area (Å²) in [5, 5.41) is 2.37. The average molecular weight is 269 g/mol. The fraction of sp³-hybridized carbons (Fsp3) is 0.389. The van der Waals surface area contributed by atoms with E-state index in [2.05, 4.69) is 52.0 Å². The molecule has 0 unspecified atom stereocenters. The smallest absolute Gasteiger partial charge is 0.227 e. The molecule has 2 heteroatoms. The van der Waals surface area contributed by atoms with Crippen molar-refractivity contribution in [2.75, 3.05) is 0 Å². The van der Waals surface area contributed by atoms with Crippen LogP contribution in [0.3, 0.4) is 0 Å². The van der Waals surface area contributed by atoms with Crippen molar-refractivity contribution in [3.63, 3.8) is 0 Å². The summed E-state index contributed by atoms with van der Waals surface area (Å²) >= 11 is 0. The number of hydrogen-bond acceptors (Lipinski definition) is 1. The summed E-state index contributed by atoms with van der Waals surface area (Å²) in [4.78, 5) is 14.5. The number of fused-ring (bicyclic) bond motifs is 1. The van der Waals surface area contributed by atoms with Gasteiger partial charge in [0, 0.05) is 12.1 Å². The first-order chi connectivity index (χ1) is 9.50. The van der Waals surface area contributed by atoms with Gasteiger partial charge in [0.15, 0.2) is 0 Å². The molecule has 0 saturated heterocycles. The minimum atomic E-state index is 0.200. The van der Waals surface area contributed by atoms with Crippen LogP contribution in [0.25, 0.3) is 10.8 Å². The topological polar surface area (TPSA) is 20.3 Å². The zero-order chi connectivity index (χ0) is 14.7. The molecule has 0 bridgehead atoms. The summed E-state index contributed by atoms with van der Waals surface area (Å²) in [6, 6.07) is 14.9. The van der Waals surface area contributed by atoms with E-state index in [1.807, 2.05) is 23.1 Å². The lowest BCUT2D eigenvalue weighted by atomic mass is 10.0. The Morgan fingerprint density at radius 2 is 1.55 bits per heavy atom. The molecule has 0 radical (unpaired) electrons. The maximum atomic E-state index is 12.6. The first-order valence-corrected chi connectivity index (χ1v) is 7.28. The average Bonchev–Trinajstić information content (AvgIpc) is 2.38. The van der Waals surface area contributed by atoms with Gasteiger partial charge in [0.25, 0.3) is 0 Å². The minimum Gasteiger partial charge on any atom is -0.338 e. The van der Waals surface area contributed by atoms with Crippen molar-refractivity contribution in [1.29, 1.82) is 0 Å². The van der Waals surface area contributed by atoms with Crippen molar-refractivity contribution < 1.29 is 4.79 Å². The molecule has 0 fully saturated rings. The van der Waals surface area contributed by atoms with E-state index in [1.54, 1.807) is 0 Å². The van der Waals surface area contributed by atoms with E-state index in [0.29, 0.717) is 6.42 Å². The van der Waals surface area contributed by atoms with Gasteiger partial charge in [0.05, 0.1) is 6.42 Å². The van der Waals surface area contributed by atoms with Gasteiger partial charge < -0.3 is 4.90 Å². The first kappa shape index (κ1) is 14.6. The SMILES string of the molecule is CC(C)N(C(=O)Cc1cccc2ccccc12)C(C)C. The van der Waals surface area contributed by atoms with Crippen LogP contribution in [0.4, 0.5) is 0 Å². The number of carbonyl (C=O) groups excluding carboxylic acids is 1. The quantitative estimate of drug-likeness (QED) is 0.820. The van der Waals surface area contributed by atoms with E-state index in [9.17, 15) is 4.79 Å². The molecular weight excluding hydrogens is 246 g/mol. The second-order valence-electron chi connectivity index (χ2n) is 5.80. The summed E-state index contributed by atoms with van der Waals surface area (Å²) in [6.07, 6.45) is 0.470. The van der Waals surface area contributed by atoms with Gasteiger partial charge >= 0.3 is 0 Å². The van der Waals surface area contributed by atoms with Gasteiger partial charge in [-0.25, -0.2) is 0 Å². The van der Waals surface area contributed by atoms with Gasteiger partial charge in [-0.1, -0.05) is 42.5 Å². The lowest BCUT2D eigenvalue weighted by Crippen LogP contribution is -2.42. The fourth-order valence-electron chi connectivity index (χ4n) is 2.87. The van der Waals surface area contributed by atoms with E-state index in [4.69, 9.17) is 0 Å². The summed E-state index contributed by atoms with van der Waals surface area (Å²) in [5.41, 5.74) is 1.11. The molecule has 20 heavy (non-hydrogen) atoms. The van der Waals surface area contributed by atoms with Crippen LogP contribution in [0.1, 0.15) is 33.3 Å². The highest BCUT2D eigenvalue weighted by Gasteiger charge is 2.20. The predicted molar refractivity (Wildman–Crippen MR) is 84.8 cm³/mol. The maximum absolute atomic E-state index is 12.6. The molecule has 0 spiro atoms. The van der Waals surface area contributed by atoms with Crippen molar-refractivity contribution in [1.82, 2.24) is 4.90 Å². The van der Waals surface area contributed by atoms with Crippen molar-refractivity contribution in [2.24, 2.45) is 0 Å². The molecule has 0 N–H and O–H groups in total. The Kier molecular flexibility index (Phi) is 4.43. The number of rotatable bonds is 4. The number of carbonyl (C=O) groups is 1. The zero-order valence-corrected chi connectivity index (χ0v) is 12.8. The normalized spacial score (nSPS) is 11.3. The second-order valence-corrected chi connectivity index (χ2v) is 5.80. The van der Waals surface area contributed by atoms with Gasteiger partial charge in [-0.15, -0.1) is 0 Å². The second kappa shape index (κ2) is 6.08. The molecule has 0 saturated carbocycles. The van der Waals surface area contributed by atoms with Gasteiger partial charge in [0.1, 0.15) is 0 Å². The van der Waals surface area contributed by atoms with Crippen LogP contribution < -0.4 is 0 Å². The van der Waals surface area contributed by atoms with Crippen LogP contribution in [-0.4, -0.2) is 22.9 Å². The largest absolute Gasteiger partial charge is 0.338 e. The Labute approximate surface area is 121 Å². The van der Waals surface area contributed by atoms with Crippen LogP contribution in [0.5, 0.6) is 0 Å². The Morgan fingerprint density at radius 1 is 0.950 bits per heavy atom. The van der Waals surface area contributed by atoms with Crippen LogP contribution in [0, 0.1) is 0 Å². The monoisotopic (exact) mass is 269 g/mol. The number of nitrogens with zero attached hydrogens (tertiary/aromatic N) is 1. The maximum Gasteiger partial charge on any atom is 0.227 e. The van der Waals surface area contributed by atoms with E-state index in [-0.39, 0.29) is 18.0 Å². The Hall–Kier alpha value is -1.83. The number of benzene rings is 2. The van der Waals surface area contributed by atoms with Gasteiger partial charge in [0.2, 0.25) is 5.91 Å². The highest BCUT2D eigenvalue weighted by molar-refractivity contribution is 5.90. The summed E-state index contributed by atoms with van der Waals surface area (Å²) in [6.45, 7) is 8.28. The van der Waals surface area contributed by atoms with Crippen molar-refractivity contribution >= 4 is 16.7 Å². The van der Waals surface area contributed by atoms with Gasteiger partial charge in [-0.05, 0) is 44.0 Å². The van der Waals surface area contributed by atoms with Crippen molar-refractivity contribution in [2.45, 2.75) is 46.2 Å². The molecule has 0 aliphatic heterocycles. The summed E-state index contributed by atoms with van der Waals surface area (Å²) < 4.78 is 0. The molecule has 0 atom stereocenters. The van der Waals surface area contributed by atoms with Gasteiger partial charge in [-0.3, -0.25) is 4.79 Å². The summed E-state index contributed by atoms with van der Waals surface area (Å²) in [7, 11) is 0. The van der Waals surface area contributed by atoms with Gasteiger partial charge in [-0.2, -0.15) is 0 Å². The van der Waals surface area contributed by atoms with Crippen LogP contribution >= 0.6 is 0 Å². The summed E-state index contributed by atoms with van der Waals surface area (Å²) in [5.74, 6) is 0.200. The molecule has 2 aromatic carbocycles. The predicted octanol–water partition coefficient (Wildman–Crippen LogP) is 4.03. The molecule has 2 rings (SSSR count). The molecule has 2 aromatic rings. The van der Waals surface area contributed by atoms with E-state index in [1.165, 1.54) is 10.8 Å². The third-order valence-electron chi connectivity index (χ3n) is 3.62. The highest BCUT2D eigenvalue weighted by Crippen LogP contribution is 2.20. The highest BCUT2D eigenvalue weighted by atomic mass is 16.2. The van der Waals surface area contributed by atoms with Crippen molar-refractivity contribution in [3.05, 3.63) is 48.0 Å². The molecule has 2 nitrogen and oxygen atoms in total. The third-order valence-corrected chi connectivity index (χ3v) is 3.62.